The lowest BCUT2D eigenvalue weighted by Gasteiger charge is -2.30. The first-order chi connectivity index (χ1) is 10.1. The molecule has 1 aromatic rings. The maximum Gasteiger partial charge on any atom is 0.223 e. The Morgan fingerprint density at radius 3 is 3.10 bits per heavy atom. The molecule has 116 valence electrons. The predicted molar refractivity (Wildman–Crippen MR) is 87.8 cm³/mol. The normalized spacial score (nSPS) is 21.9. The summed E-state index contributed by atoms with van der Waals surface area (Å²) < 4.78 is 6.39. The number of nitrogens with one attached hydrogen (secondary N) is 2. The number of rotatable bonds is 5. The fourth-order valence-corrected chi connectivity index (χ4v) is 3.11. The molecule has 0 saturated carbocycles. The molecule has 1 aliphatic heterocycles. The Kier molecular flexibility index (Phi) is 6.33. The number of hydrogen-bond acceptors (Lipinski definition) is 3. The third kappa shape index (κ3) is 5.16. The quantitative estimate of drug-likeness (QED) is 0.832. The minimum Gasteiger partial charge on any atom is -0.492 e. The topological polar surface area (TPSA) is 50.4 Å². The van der Waals surface area contributed by atoms with Gasteiger partial charge in [0.2, 0.25) is 5.91 Å². The number of amides is 1. The van der Waals surface area contributed by atoms with Gasteiger partial charge in [0, 0.05) is 17.6 Å². The molecule has 1 amide bonds. The van der Waals surface area contributed by atoms with Gasteiger partial charge < -0.3 is 15.4 Å². The van der Waals surface area contributed by atoms with E-state index in [-0.39, 0.29) is 11.9 Å². The lowest BCUT2D eigenvalue weighted by molar-refractivity contribution is -0.122. The molecule has 1 fully saturated rings. The van der Waals surface area contributed by atoms with Gasteiger partial charge in [0.15, 0.2) is 0 Å². The van der Waals surface area contributed by atoms with Crippen LogP contribution in [0, 0.1) is 5.92 Å². The molecule has 1 saturated heterocycles. The number of carbonyl (C=O) groups excluding carboxylic acids is 1. The number of ether oxygens (including phenoxy) is 1. The van der Waals surface area contributed by atoms with E-state index in [1.165, 1.54) is 0 Å². The molecule has 1 aliphatic rings. The van der Waals surface area contributed by atoms with Crippen molar-refractivity contribution in [1.29, 1.82) is 0 Å². The Morgan fingerprint density at radius 1 is 1.57 bits per heavy atom. The number of hydrogen-bond donors (Lipinski definition) is 2. The second-order valence-electron chi connectivity index (χ2n) is 5.32. The van der Waals surface area contributed by atoms with E-state index >= 15 is 0 Å². The maximum atomic E-state index is 11.9. The second kappa shape index (κ2) is 8.01. The molecule has 2 N–H and O–H groups in total. The zero-order valence-corrected chi connectivity index (χ0v) is 14.3. The predicted octanol–water partition coefficient (Wildman–Crippen LogP) is 2.99. The van der Waals surface area contributed by atoms with Crippen molar-refractivity contribution in [1.82, 2.24) is 10.6 Å². The van der Waals surface area contributed by atoms with Crippen molar-refractivity contribution in [3.8, 4) is 5.75 Å². The van der Waals surface area contributed by atoms with E-state index in [9.17, 15) is 4.79 Å². The van der Waals surface area contributed by atoms with Gasteiger partial charge in [-0.1, -0.05) is 18.5 Å². The Morgan fingerprint density at radius 2 is 2.38 bits per heavy atom. The molecule has 0 radical (unpaired) electrons. The van der Waals surface area contributed by atoms with E-state index in [1.807, 2.05) is 0 Å². The summed E-state index contributed by atoms with van der Waals surface area (Å²) in [6.45, 7) is 4.39. The Labute approximate surface area is 138 Å². The highest BCUT2D eigenvalue weighted by Crippen LogP contribution is 2.27. The van der Waals surface area contributed by atoms with Crippen molar-refractivity contribution in [3.05, 3.63) is 27.7 Å². The van der Waals surface area contributed by atoms with Crippen LogP contribution < -0.4 is 15.4 Å². The van der Waals surface area contributed by atoms with Crippen LogP contribution in [0.5, 0.6) is 5.75 Å². The summed E-state index contributed by atoms with van der Waals surface area (Å²) in [4.78, 5) is 11.9. The zero-order chi connectivity index (χ0) is 15.2. The van der Waals surface area contributed by atoms with Gasteiger partial charge in [0.25, 0.3) is 0 Å². The lowest BCUT2D eigenvalue weighted by Crippen LogP contribution is -2.50. The number of piperidine rings is 1. The van der Waals surface area contributed by atoms with Crippen LogP contribution in [0.3, 0.4) is 0 Å². The molecule has 2 rings (SSSR count). The third-order valence-corrected chi connectivity index (χ3v) is 4.51. The van der Waals surface area contributed by atoms with Crippen LogP contribution in [-0.4, -0.2) is 31.6 Å². The van der Waals surface area contributed by atoms with Crippen LogP contribution in [0.1, 0.15) is 19.8 Å². The first-order valence-electron chi connectivity index (χ1n) is 7.14. The smallest absolute Gasteiger partial charge is 0.223 e. The number of carbonyl (C=O) groups is 1. The van der Waals surface area contributed by atoms with Gasteiger partial charge in [-0.3, -0.25) is 4.79 Å². The summed E-state index contributed by atoms with van der Waals surface area (Å²) in [6, 6.07) is 5.54. The summed E-state index contributed by atoms with van der Waals surface area (Å²) >= 11 is 9.25. The van der Waals surface area contributed by atoms with Gasteiger partial charge in [-0.2, -0.15) is 0 Å². The highest BCUT2D eigenvalue weighted by atomic mass is 79.9. The minimum absolute atomic E-state index is 0.0284. The lowest BCUT2D eigenvalue weighted by atomic mass is 9.95. The fraction of sp³-hybridized carbons (Fsp3) is 0.533. The van der Waals surface area contributed by atoms with Gasteiger partial charge in [-0.15, -0.1) is 0 Å². The van der Waals surface area contributed by atoms with E-state index in [4.69, 9.17) is 16.3 Å². The van der Waals surface area contributed by atoms with E-state index < -0.39 is 0 Å². The Bertz CT molecular complexity index is 499. The summed E-state index contributed by atoms with van der Waals surface area (Å²) in [5.41, 5.74) is 0. The molecule has 21 heavy (non-hydrogen) atoms. The Hall–Kier alpha value is -0.780. The number of halogens is 2. The van der Waals surface area contributed by atoms with Crippen LogP contribution in [-0.2, 0) is 4.79 Å². The van der Waals surface area contributed by atoms with Gasteiger partial charge in [-0.25, -0.2) is 0 Å². The van der Waals surface area contributed by atoms with Crippen molar-refractivity contribution < 1.29 is 9.53 Å². The van der Waals surface area contributed by atoms with Crippen LogP contribution >= 0.6 is 27.5 Å². The SMILES string of the molecule is CC1CCNCC1NC(=O)CCOc1ccc(Cl)cc1Br. The summed E-state index contributed by atoms with van der Waals surface area (Å²) in [6.07, 6.45) is 1.44. The average molecular weight is 376 g/mol. The Balaban J connectivity index is 1.73. The van der Waals surface area contributed by atoms with Gasteiger partial charge in [0.05, 0.1) is 17.5 Å². The molecule has 2 atom stereocenters. The van der Waals surface area contributed by atoms with Crippen LogP contribution in [0.25, 0.3) is 0 Å². The molecule has 1 aromatic carbocycles. The highest BCUT2D eigenvalue weighted by Gasteiger charge is 2.22. The van der Waals surface area contributed by atoms with Crippen LogP contribution in [0.4, 0.5) is 0 Å². The van der Waals surface area contributed by atoms with Gasteiger partial charge in [-0.05, 0) is 53.0 Å². The second-order valence-corrected chi connectivity index (χ2v) is 6.61. The first kappa shape index (κ1) is 16.6. The molecule has 2 unspecified atom stereocenters. The van der Waals surface area contributed by atoms with Gasteiger partial charge in [0.1, 0.15) is 5.75 Å². The first-order valence-corrected chi connectivity index (χ1v) is 8.31. The zero-order valence-electron chi connectivity index (χ0n) is 12.0. The number of benzene rings is 1. The summed E-state index contributed by atoms with van der Waals surface area (Å²) in [7, 11) is 0. The van der Waals surface area contributed by atoms with E-state index in [1.54, 1.807) is 18.2 Å². The molecule has 0 bridgehead atoms. The van der Waals surface area contributed by atoms with Crippen molar-refractivity contribution in [2.75, 3.05) is 19.7 Å². The summed E-state index contributed by atoms with van der Waals surface area (Å²) in [5.74, 6) is 1.24. The van der Waals surface area contributed by atoms with Crippen molar-refractivity contribution in [3.63, 3.8) is 0 Å². The molecule has 6 heteroatoms. The molecule has 4 nitrogen and oxygen atoms in total. The van der Waals surface area contributed by atoms with Crippen LogP contribution in [0.15, 0.2) is 22.7 Å². The van der Waals surface area contributed by atoms with E-state index in [0.29, 0.717) is 29.7 Å². The third-order valence-electron chi connectivity index (χ3n) is 3.65. The monoisotopic (exact) mass is 374 g/mol. The van der Waals surface area contributed by atoms with E-state index in [0.717, 1.165) is 24.0 Å². The maximum absolute atomic E-state index is 11.9. The molecule has 0 aliphatic carbocycles. The van der Waals surface area contributed by atoms with Gasteiger partial charge >= 0.3 is 0 Å². The highest BCUT2D eigenvalue weighted by molar-refractivity contribution is 9.10. The summed E-state index contributed by atoms with van der Waals surface area (Å²) in [5, 5.41) is 7.01. The van der Waals surface area contributed by atoms with E-state index in [2.05, 4.69) is 33.5 Å². The largest absolute Gasteiger partial charge is 0.492 e. The molecule has 0 aromatic heterocycles. The minimum atomic E-state index is 0.0284. The average Bonchev–Trinajstić information content (AvgIpc) is 2.44. The van der Waals surface area contributed by atoms with Crippen molar-refractivity contribution in [2.24, 2.45) is 5.92 Å². The van der Waals surface area contributed by atoms with Crippen molar-refractivity contribution in [2.45, 2.75) is 25.8 Å². The van der Waals surface area contributed by atoms with Crippen molar-refractivity contribution >= 4 is 33.4 Å². The van der Waals surface area contributed by atoms with Crippen LogP contribution in [0.2, 0.25) is 5.02 Å². The molecular formula is C15H20BrClN2O2. The fourth-order valence-electron chi connectivity index (χ4n) is 2.31. The molecule has 1 heterocycles. The molecular weight excluding hydrogens is 356 g/mol. The molecule has 0 spiro atoms. The standard InChI is InChI=1S/C15H20BrClN2O2/c1-10-4-6-18-9-13(10)19-15(20)5-7-21-14-3-2-11(17)8-12(14)16/h2-3,8,10,13,18H,4-7,9H2,1H3,(H,19,20).